The normalized spacial score (nSPS) is 30.5. The molecule has 0 aliphatic heterocycles. The van der Waals surface area contributed by atoms with Gasteiger partial charge in [0.05, 0.1) is 6.10 Å². The molecule has 3 unspecified atom stereocenters. The number of likely N-dealkylation sites (N-methyl/N-ethyl adjacent to an activating group) is 1. The third-order valence-corrected chi connectivity index (χ3v) is 7.11. The van der Waals surface area contributed by atoms with Crippen LogP contribution in [0.2, 0.25) is 0 Å². The monoisotopic (exact) mass is 371 g/mol. The number of aryl methyl sites for hydroxylation is 2. The molecule has 1 amide bonds. The molecule has 2 saturated carbocycles. The molecule has 4 heteroatoms. The summed E-state index contributed by atoms with van der Waals surface area (Å²) in [5.41, 5.74) is 2.82. The number of carbonyl (C=O) groups is 1. The second-order valence-corrected chi connectivity index (χ2v) is 8.87. The summed E-state index contributed by atoms with van der Waals surface area (Å²) in [5, 5.41) is 9.84. The number of amides is 1. The topological polar surface area (TPSA) is 49.8 Å². The highest BCUT2D eigenvalue weighted by molar-refractivity contribution is 5.81. The molecule has 5 atom stereocenters. The van der Waals surface area contributed by atoms with Gasteiger partial charge in [0.1, 0.15) is 5.75 Å². The lowest BCUT2D eigenvalue weighted by Crippen LogP contribution is -2.44. The van der Waals surface area contributed by atoms with Crippen molar-refractivity contribution < 1.29 is 14.6 Å². The van der Waals surface area contributed by atoms with Gasteiger partial charge in [-0.05, 0) is 92.9 Å². The van der Waals surface area contributed by atoms with Crippen molar-refractivity contribution in [1.29, 1.82) is 0 Å². The third kappa shape index (κ3) is 3.87. The van der Waals surface area contributed by atoms with E-state index in [-0.39, 0.29) is 12.0 Å². The molecule has 1 aromatic carbocycles. The van der Waals surface area contributed by atoms with Gasteiger partial charge in [-0.3, -0.25) is 4.79 Å². The van der Waals surface area contributed by atoms with Gasteiger partial charge in [0, 0.05) is 13.1 Å². The summed E-state index contributed by atoms with van der Waals surface area (Å²) in [5.74, 6) is 2.10. The molecule has 4 nitrogen and oxygen atoms in total. The van der Waals surface area contributed by atoms with E-state index in [1.165, 1.54) is 24.0 Å². The average Bonchev–Trinajstić information content (AvgIpc) is 3.22. The fraction of sp³-hybridized carbons (Fsp3) is 0.696. The zero-order valence-electron chi connectivity index (χ0n) is 16.7. The Morgan fingerprint density at radius 3 is 2.48 bits per heavy atom. The van der Waals surface area contributed by atoms with Gasteiger partial charge in [-0.15, -0.1) is 0 Å². The van der Waals surface area contributed by atoms with E-state index >= 15 is 0 Å². The van der Waals surface area contributed by atoms with Gasteiger partial charge in [0.15, 0.2) is 6.10 Å². The van der Waals surface area contributed by atoms with Crippen molar-refractivity contribution in [3.63, 3.8) is 0 Å². The largest absolute Gasteiger partial charge is 0.481 e. The quantitative estimate of drug-likeness (QED) is 0.858. The number of carbonyl (C=O) groups excluding carboxylic acids is 1. The smallest absolute Gasteiger partial charge is 0.263 e. The number of ether oxygens (including phenoxy) is 1. The van der Waals surface area contributed by atoms with Crippen molar-refractivity contribution >= 4 is 5.91 Å². The van der Waals surface area contributed by atoms with Gasteiger partial charge >= 0.3 is 0 Å². The SMILES string of the molecule is CCC(Oc1ccc2c(c1)CCCC2)C(=O)N(C)C1C[C@H]2CC(O)C[C@H]2C1. The Balaban J connectivity index is 1.39. The van der Waals surface area contributed by atoms with Gasteiger partial charge in [-0.1, -0.05) is 13.0 Å². The van der Waals surface area contributed by atoms with E-state index in [0.29, 0.717) is 24.3 Å². The lowest BCUT2D eigenvalue weighted by molar-refractivity contribution is -0.139. The maximum absolute atomic E-state index is 13.1. The molecule has 4 rings (SSSR count). The molecule has 0 spiro atoms. The van der Waals surface area contributed by atoms with Gasteiger partial charge in [0.2, 0.25) is 0 Å². The Morgan fingerprint density at radius 1 is 1.15 bits per heavy atom. The van der Waals surface area contributed by atoms with Crippen LogP contribution in [0.3, 0.4) is 0 Å². The maximum atomic E-state index is 13.1. The standard InChI is InChI=1S/C23H33NO3/c1-3-22(27-21-9-8-15-6-4-5-7-16(15)14-21)23(26)24(2)19-10-17-12-20(25)13-18(17)11-19/h8-9,14,17-20,22,25H,3-7,10-13H2,1-2H3/t17-,18+,19?,20?,22?. The van der Waals surface area contributed by atoms with E-state index in [1.807, 2.05) is 24.9 Å². The summed E-state index contributed by atoms with van der Waals surface area (Å²) in [6, 6.07) is 6.64. The van der Waals surface area contributed by atoms with Crippen LogP contribution in [0.1, 0.15) is 63.0 Å². The minimum absolute atomic E-state index is 0.0979. The van der Waals surface area contributed by atoms with Crippen LogP contribution >= 0.6 is 0 Å². The molecule has 27 heavy (non-hydrogen) atoms. The molecule has 3 aliphatic carbocycles. The van der Waals surface area contributed by atoms with Crippen molar-refractivity contribution in [3.8, 4) is 5.75 Å². The van der Waals surface area contributed by atoms with Gasteiger partial charge in [-0.2, -0.15) is 0 Å². The van der Waals surface area contributed by atoms with Gasteiger partial charge in [-0.25, -0.2) is 0 Å². The summed E-state index contributed by atoms with van der Waals surface area (Å²) in [4.78, 5) is 15.0. The zero-order chi connectivity index (χ0) is 19.0. The lowest BCUT2D eigenvalue weighted by atomic mass is 9.92. The van der Waals surface area contributed by atoms with Crippen molar-refractivity contribution in [2.75, 3.05) is 7.05 Å². The average molecular weight is 372 g/mol. The molecular weight excluding hydrogens is 338 g/mol. The molecule has 2 fully saturated rings. The molecule has 0 bridgehead atoms. The second-order valence-electron chi connectivity index (χ2n) is 8.87. The second kappa shape index (κ2) is 7.83. The van der Waals surface area contributed by atoms with Crippen LogP contribution in [0, 0.1) is 11.8 Å². The van der Waals surface area contributed by atoms with Crippen LogP contribution in [0.25, 0.3) is 0 Å². The summed E-state index contributed by atoms with van der Waals surface area (Å²) in [7, 11) is 1.93. The van der Waals surface area contributed by atoms with E-state index in [1.54, 1.807) is 0 Å². The molecule has 0 saturated heterocycles. The van der Waals surface area contributed by atoms with Gasteiger partial charge in [0.25, 0.3) is 5.91 Å². The Morgan fingerprint density at radius 2 is 1.81 bits per heavy atom. The van der Waals surface area contributed by atoms with E-state index in [2.05, 4.69) is 12.1 Å². The van der Waals surface area contributed by atoms with Crippen LogP contribution in [0.4, 0.5) is 0 Å². The van der Waals surface area contributed by atoms with Gasteiger partial charge < -0.3 is 14.7 Å². The minimum Gasteiger partial charge on any atom is -0.481 e. The van der Waals surface area contributed by atoms with E-state index in [4.69, 9.17) is 4.74 Å². The van der Waals surface area contributed by atoms with Crippen LogP contribution < -0.4 is 4.74 Å². The lowest BCUT2D eigenvalue weighted by Gasteiger charge is -2.29. The van der Waals surface area contributed by atoms with Crippen LogP contribution in [-0.4, -0.2) is 41.2 Å². The Kier molecular flexibility index (Phi) is 5.45. The van der Waals surface area contributed by atoms with Crippen molar-refractivity contribution in [3.05, 3.63) is 29.3 Å². The Labute approximate surface area is 162 Å². The molecule has 3 aliphatic rings. The summed E-state index contributed by atoms with van der Waals surface area (Å²) < 4.78 is 6.15. The zero-order valence-corrected chi connectivity index (χ0v) is 16.7. The number of fused-ring (bicyclic) bond motifs is 2. The highest BCUT2D eigenvalue weighted by Gasteiger charge is 2.43. The first-order chi connectivity index (χ1) is 13.0. The van der Waals surface area contributed by atoms with Crippen molar-refractivity contribution in [2.24, 2.45) is 11.8 Å². The number of aliphatic hydroxyl groups excluding tert-OH is 1. The van der Waals surface area contributed by atoms with Crippen LogP contribution in [0.5, 0.6) is 5.75 Å². The molecule has 148 valence electrons. The molecular formula is C23H33NO3. The number of aliphatic hydroxyl groups is 1. The number of benzene rings is 1. The molecule has 0 heterocycles. The van der Waals surface area contributed by atoms with Crippen LogP contribution in [0.15, 0.2) is 18.2 Å². The van der Waals surface area contributed by atoms with Crippen LogP contribution in [-0.2, 0) is 17.6 Å². The number of hydrogen-bond acceptors (Lipinski definition) is 3. The summed E-state index contributed by atoms with van der Waals surface area (Å²) in [6.07, 6.45) is 8.80. The number of hydrogen-bond donors (Lipinski definition) is 1. The molecule has 0 radical (unpaired) electrons. The van der Waals surface area contributed by atoms with E-state index < -0.39 is 6.10 Å². The summed E-state index contributed by atoms with van der Waals surface area (Å²) >= 11 is 0. The van der Waals surface area contributed by atoms with Crippen molar-refractivity contribution in [1.82, 2.24) is 4.90 Å². The fourth-order valence-corrected chi connectivity index (χ4v) is 5.53. The highest BCUT2D eigenvalue weighted by atomic mass is 16.5. The number of rotatable bonds is 5. The predicted molar refractivity (Wildman–Crippen MR) is 106 cm³/mol. The first kappa shape index (κ1) is 18.8. The molecule has 0 aromatic heterocycles. The highest BCUT2D eigenvalue weighted by Crippen LogP contribution is 2.45. The van der Waals surface area contributed by atoms with E-state index in [0.717, 1.165) is 44.3 Å². The minimum atomic E-state index is -0.414. The van der Waals surface area contributed by atoms with Crippen molar-refractivity contribution in [2.45, 2.75) is 83.0 Å². The molecule has 1 N–H and O–H groups in total. The number of nitrogens with zero attached hydrogens (tertiary/aromatic N) is 1. The predicted octanol–water partition coefficient (Wildman–Crippen LogP) is 3.73. The summed E-state index contributed by atoms with van der Waals surface area (Å²) in [6.45, 7) is 2.02. The fourth-order valence-electron chi connectivity index (χ4n) is 5.53. The maximum Gasteiger partial charge on any atom is 0.263 e. The van der Waals surface area contributed by atoms with E-state index in [9.17, 15) is 9.90 Å². The first-order valence-corrected chi connectivity index (χ1v) is 10.8. The Bertz CT molecular complexity index is 674. The Hall–Kier alpha value is -1.55. The first-order valence-electron chi connectivity index (χ1n) is 10.8. The molecule has 1 aromatic rings. The third-order valence-electron chi connectivity index (χ3n) is 7.11.